The lowest BCUT2D eigenvalue weighted by molar-refractivity contribution is 0.305. The molecule has 0 unspecified atom stereocenters. The van der Waals surface area contributed by atoms with E-state index in [0.29, 0.717) is 6.61 Å². The summed E-state index contributed by atoms with van der Waals surface area (Å²) in [5.41, 5.74) is 2.15. The number of aryl methyl sites for hydroxylation is 1. The van der Waals surface area contributed by atoms with Gasteiger partial charge in [0.1, 0.15) is 12.4 Å². The van der Waals surface area contributed by atoms with E-state index in [9.17, 15) is 0 Å². The van der Waals surface area contributed by atoms with Gasteiger partial charge in [-0.25, -0.2) is 0 Å². The lowest BCUT2D eigenvalue weighted by Gasteiger charge is -2.05. The van der Waals surface area contributed by atoms with Crippen LogP contribution in [0.25, 0.3) is 0 Å². The van der Waals surface area contributed by atoms with E-state index < -0.39 is 0 Å². The molecule has 0 spiro atoms. The summed E-state index contributed by atoms with van der Waals surface area (Å²) in [6.45, 7) is 2.55. The standard InChI is InChI=1S/C13H12NO/c1-11-4-2-6-13(8-11)15-10-12-5-3-7-14-9-12/h2-3,5-9H,10H2,1H3. The molecule has 2 aromatic rings. The van der Waals surface area contributed by atoms with E-state index in [1.165, 1.54) is 0 Å². The Bertz CT molecular complexity index is 426. The van der Waals surface area contributed by atoms with E-state index in [2.05, 4.69) is 11.1 Å². The summed E-state index contributed by atoms with van der Waals surface area (Å²) in [7, 11) is 0. The summed E-state index contributed by atoms with van der Waals surface area (Å²) < 4.78 is 5.61. The van der Waals surface area contributed by atoms with Crippen LogP contribution in [-0.2, 0) is 6.61 Å². The molecule has 2 nitrogen and oxygen atoms in total. The summed E-state index contributed by atoms with van der Waals surface area (Å²) in [6.07, 6.45) is 3.56. The van der Waals surface area contributed by atoms with Gasteiger partial charge in [0.2, 0.25) is 0 Å². The Morgan fingerprint density at radius 1 is 1.40 bits per heavy atom. The maximum atomic E-state index is 5.61. The summed E-state index contributed by atoms with van der Waals surface area (Å²) in [4.78, 5) is 4.03. The van der Waals surface area contributed by atoms with Crippen LogP contribution in [-0.4, -0.2) is 4.98 Å². The molecule has 2 rings (SSSR count). The first-order chi connectivity index (χ1) is 7.34. The zero-order chi connectivity index (χ0) is 10.5. The normalized spacial score (nSPS) is 9.93. The van der Waals surface area contributed by atoms with Gasteiger partial charge < -0.3 is 4.74 Å². The van der Waals surface area contributed by atoms with Crippen molar-refractivity contribution >= 4 is 0 Å². The molecule has 2 heteroatoms. The topological polar surface area (TPSA) is 22.1 Å². The third-order valence-electron chi connectivity index (χ3n) is 2.05. The van der Waals surface area contributed by atoms with Crippen LogP contribution in [0.5, 0.6) is 5.75 Å². The lowest BCUT2D eigenvalue weighted by Crippen LogP contribution is -1.95. The highest BCUT2D eigenvalue weighted by molar-refractivity contribution is 5.26. The minimum absolute atomic E-state index is 0.553. The van der Waals surface area contributed by atoms with Gasteiger partial charge in [-0.1, -0.05) is 12.1 Å². The Hall–Kier alpha value is -1.83. The highest BCUT2D eigenvalue weighted by Crippen LogP contribution is 2.13. The third kappa shape index (κ3) is 2.81. The molecule has 15 heavy (non-hydrogen) atoms. The number of pyridine rings is 1. The van der Waals surface area contributed by atoms with Crippen LogP contribution in [0.15, 0.2) is 42.7 Å². The van der Waals surface area contributed by atoms with Crippen LogP contribution in [0.2, 0.25) is 0 Å². The van der Waals surface area contributed by atoms with Crippen molar-refractivity contribution in [1.82, 2.24) is 4.98 Å². The fourth-order valence-corrected chi connectivity index (χ4v) is 1.30. The predicted octanol–water partition coefficient (Wildman–Crippen LogP) is 2.77. The number of hydrogen-bond donors (Lipinski definition) is 0. The second-order valence-corrected chi connectivity index (χ2v) is 3.36. The molecule has 0 fully saturated rings. The predicted molar refractivity (Wildman–Crippen MR) is 58.6 cm³/mol. The molecule has 0 atom stereocenters. The minimum atomic E-state index is 0.553. The van der Waals surface area contributed by atoms with Gasteiger partial charge in [-0.2, -0.15) is 0 Å². The van der Waals surface area contributed by atoms with Crippen LogP contribution in [0.4, 0.5) is 0 Å². The zero-order valence-electron chi connectivity index (χ0n) is 8.60. The van der Waals surface area contributed by atoms with Crippen LogP contribution < -0.4 is 4.74 Å². The quantitative estimate of drug-likeness (QED) is 0.756. The van der Waals surface area contributed by atoms with Crippen molar-refractivity contribution in [2.45, 2.75) is 13.5 Å². The Morgan fingerprint density at radius 2 is 2.33 bits per heavy atom. The van der Waals surface area contributed by atoms with Crippen LogP contribution in [0.1, 0.15) is 11.1 Å². The number of hydrogen-bond acceptors (Lipinski definition) is 2. The summed E-state index contributed by atoms with van der Waals surface area (Å²) in [6, 6.07) is 12.7. The zero-order valence-corrected chi connectivity index (χ0v) is 8.60. The van der Waals surface area contributed by atoms with Crippen LogP contribution in [0, 0.1) is 13.0 Å². The SMILES string of the molecule is Cc1[c]ccc(OCc2cccnc2)c1. The molecule has 1 radical (unpaired) electrons. The summed E-state index contributed by atoms with van der Waals surface area (Å²) >= 11 is 0. The molecule has 0 bridgehead atoms. The van der Waals surface area contributed by atoms with Crippen LogP contribution in [0.3, 0.4) is 0 Å². The number of aromatic nitrogens is 1. The molecular weight excluding hydrogens is 186 g/mol. The first kappa shape index (κ1) is 9.71. The van der Waals surface area contributed by atoms with E-state index in [0.717, 1.165) is 16.9 Å². The fourth-order valence-electron chi connectivity index (χ4n) is 1.30. The maximum absolute atomic E-state index is 5.61. The molecule has 0 saturated carbocycles. The molecule has 0 aliphatic rings. The highest BCUT2D eigenvalue weighted by atomic mass is 16.5. The van der Waals surface area contributed by atoms with Gasteiger partial charge in [0.15, 0.2) is 0 Å². The Labute approximate surface area is 89.6 Å². The largest absolute Gasteiger partial charge is 0.489 e. The number of benzene rings is 1. The molecule has 1 aromatic carbocycles. The first-order valence-electron chi connectivity index (χ1n) is 4.84. The molecule has 0 saturated heterocycles. The minimum Gasteiger partial charge on any atom is -0.489 e. The number of ether oxygens (including phenoxy) is 1. The average Bonchev–Trinajstić information content (AvgIpc) is 2.28. The van der Waals surface area contributed by atoms with Crippen molar-refractivity contribution < 1.29 is 4.74 Å². The molecule has 0 amide bonds. The fraction of sp³-hybridized carbons (Fsp3) is 0.154. The van der Waals surface area contributed by atoms with Gasteiger partial charge in [0, 0.05) is 18.0 Å². The van der Waals surface area contributed by atoms with Gasteiger partial charge >= 0.3 is 0 Å². The van der Waals surface area contributed by atoms with Crippen molar-refractivity contribution in [2.75, 3.05) is 0 Å². The molecule has 1 heterocycles. The van der Waals surface area contributed by atoms with Gasteiger partial charge in [-0.15, -0.1) is 0 Å². The maximum Gasteiger partial charge on any atom is 0.120 e. The van der Waals surface area contributed by atoms with E-state index in [-0.39, 0.29) is 0 Å². The monoisotopic (exact) mass is 198 g/mol. The van der Waals surface area contributed by atoms with Gasteiger partial charge in [-0.05, 0) is 36.8 Å². The van der Waals surface area contributed by atoms with E-state index in [4.69, 9.17) is 4.74 Å². The Balaban J connectivity index is 1.99. The summed E-state index contributed by atoms with van der Waals surface area (Å²) in [5.74, 6) is 0.870. The highest BCUT2D eigenvalue weighted by Gasteiger charge is 1.95. The van der Waals surface area contributed by atoms with E-state index in [1.54, 1.807) is 6.20 Å². The van der Waals surface area contributed by atoms with Gasteiger partial charge in [0.25, 0.3) is 0 Å². The average molecular weight is 198 g/mol. The number of rotatable bonds is 3. The van der Waals surface area contributed by atoms with Crippen molar-refractivity contribution in [3.63, 3.8) is 0 Å². The molecule has 0 aliphatic heterocycles. The van der Waals surface area contributed by atoms with Crippen LogP contribution >= 0.6 is 0 Å². The molecule has 0 N–H and O–H groups in total. The lowest BCUT2D eigenvalue weighted by atomic mass is 10.2. The van der Waals surface area contributed by atoms with Crippen molar-refractivity contribution in [3.8, 4) is 5.75 Å². The van der Waals surface area contributed by atoms with E-state index >= 15 is 0 Å². The Morgan fingerprint density at radius 3 is 3.07 bits per heavy atom. The molecular formula is C13H12NO. The summed E-state index contributed by atoms with van der Waals surface area (Å²) in [5, 5.41) is 0. The molecule has 1 aromatic heterocycles. The van der Waals surface area contributed by atoms with Crippen molar-refractivity contribution in [2.24, 2.45) is 0 Å². The Kier molecular flexibility index (Phi) is 2.98. The van der Waals surface area contributed by atoms with Crippen molar-refractivity contribution in [1.29, 1.82) is 0 Å². The van der Waals surface area contributed by atoms with Gasteiger partial charge in [-0.3, -0.25) is 4.98 Å². The number of nitrogens with zero attached hydrogens (tertiary/aromatic N) is 1. The molecule has 75 valence electrons. The smallest absolute Gasteiger partial charge is 0.120 e. The molecule has 0 aliphatic carbocycles. The van der Waals surface area contributed by atoms with Gasteiger partial charge in [0.05, 0.1) is 0 Å². The van der Waals surface area contributed by atoms with Crippen molar-refractivity contribution in [3.05, 3.63) is 59.9 Å². The second kappa shape index (κ2) is 4.60. The van der Waals surface area contributed by atoms with E-state index in [1.807, 2.05) is 43.5 Å². The first-order valence-corrected chi connectivity index (χ1v) is 4.84. The second-order valence-electron chi connectivity index (χ2n) is 3.36. The third-order valence-corrected chi connectivity index (χ3v) is 2.05.